The van der Waals surface area contributed by atoms with Gasteiger partial charge >= 0.3 is 5.97 Å². The van der Waals surface area contributed by atoms with Crippen molar-refractivity contribution in [2.45, 2.75) is 60.9 Å². The van der Waals surface area contributed by atoms with E-state index in [1.54, 1.807) is 54.6 Å². The van der Waals surface area contributed by atoms with Gasteiger partial charge in [-0.15, -0.1) is 5.06 Å². The van der Waals surface area contributed by atoms with Crippen molar-refractivity contribution in [3.63, 3.8) is 0 Å². The minimum atomic E-state index is -2.46. The van der Waals surface area contributed by atoms with Crippen molar-refractivity contribution in [1.82, 2.24) is 5.06 Å². The van der Waals surface area contributed by atoms with Gasteiger partial charge in [-0.1, -0.05) is 42.5 Å². The van der Waals surface area contributed by atoms with E-state index in [9.17, 15) is 34.8 Å². The van der Waals surface area contributed by atoms with Gasteiger partial charge in [-0.05, 0) is 23.3 Å². The number of ether oxygens (including phenoxy) is 7. The second-order valence-corrected chi connectivity index (χ2v) is 13.0. The minimum absolute atomic E-state index is 0.00648. The topological polar surface area (TPSA) is 209 Å². The number of benzene rings is 3. The number of nitrogens with zero attached hydrogens (tertiary/aromatic N) is 1. The molecule has 1 saturated carbocycles. The van der Waals surface area contributed by atoms with Gasteiger partial charge in [-0.3, -0.25) is 9.59 Å². The van der Waals surface area contributed by atoms with Crippen molar-refractivity contribution < 1.29 is 72.8 Å². The van der Waals surface area contributed by atoms with Gasteiger partial charge in [0, 0.05) is 38.0 Å². The summed E-state index contributed by atoms with van der Waals surface area (Å²) in [7, 11) is 4.18. The van der Waals surface area contributed by atoms with Gasteiger partial charge in [0.15, 0.2) is 11.2 Å². The van der Waals surface area contributed by atoms with Crippen molar-refractivity contribution >= 4 is 17.8 Å². The van der Waals surface area contributed by atoms with Crippen LogP contribution in [-0.2, 0) is 44.6 Å². The summed E-state index contributed by atoms with van der Waals surface area (Å²) in [5.41, 5.74) is -3.71. The number of methoxy groups -OCH3 is 3. The second-order valence-electron chi connectivity index (χ2n) is 13.0. The van der Waals surface area contributed by atoms with E-state index in [1.165, 1.54) is 33.5 Å². The Bertz CT molecular complexity index is 1840. The summed E-state index contributed by atoms with van der Waals surface area (Å²) in [6, 6.07) is 17.9. The Morgan fingerprint density at radius 3 is 2.28 bits per heavy atom. The molecule has 282 valence electrons. The molecule has 3 aromatic carbocycles. The Morgan fingerprint density at radius 2 is 1.66 bits per heavy atom. The van der Waals surface area contributed by atoms with Crippen molar-refractivity contribution in [1.29, 1.82) is 0 Å². The number of aliphatic hydroxyl groups excluding tert-OH is 3. The van der Waals surface area contributed by atoms with Crippen molar-refractivity contribution in [2.75, 3.05) is 34.5 Å². The highest BCUT2D eigenvalue weighted by Crippen LogP contribution is 2.70. The number of hydroxylamine groups is 2. The summed E-state index contributed by atoms with van der Waals surface area (Å²) in [5.74, 6) is -4.85. The van der Waals surface area contributed by atoms with E-state index in [0.717, 1.165) is 0 Å². The second kappa shape index (κ2) is 14.2. The van der Waals surface area contributed by atoms with Crippen LogP contribution in [0.15, 0.2) is 66.7 Å². The summed E-state index contributed by atoms with van der Waals surface area (Å²) in [6.45, 7) is -0.675. The van der Waals surface area contributed by atoms with E-state index in [1.807, 2.05) is 0 Å². The fourth-order valence-corrected chi connectivity index (χ4v) is 7.78. The molecule has 2 saturated heterocycles. The molecule has 0 aromatic heterocycles. The number of rotatable bonds is 11. The summed E-state index contributed by atoms with van der Waals surface area (Å²) in [4.78, 5) is 44.6. The number of hydrogen-bond acceptors (Lipinski definition) is 15. The molecule has 3 fully saturated rings. The predicted molar refractivity (Wildman–Crippen MR) is 177 cm³/mol. The third-order valence-corrected chi connectivity index (χ3v) is 10.2. The zero-order valence-electron chi connectivity index (χ0n) is 28.9. The molecule has 0 spiro atoms. The average Bonchev–Trinajstić information content (AvgIpc) is 3.71. The number of fused-ring (bicyclic) bond motifs is 3. The van der Waals surface area contributed by atoms with Crippen LogP contribution < -0.4 is 18.9 Å². The molecular formula is C37H39NO15. The molecule has 53 heavy (non-hydrogen) atoms. The molecule has 0 bridgehead atoms. The highest BCUT2D eigenvalue weighted by Gasteiger charge is 2.78. The third kappa shape index (κ3) is 5.77. The minimum Gasteiger partial charge on any atom is -0.497 e. The van der Waals surface area contributed by atoms with Crippen LogP contribution in [0.5, 0.6) is 23.0 Å². The van der Waals surface area contributed by atoms with Crippen molar-refractivity contribution in [3.05, 3.63) is 83.4 Å². The van der Waals surface area contributed by atoms with Crippen LogP contribution >= 0.6 is 0 Å². The maximum absolute atomic E-state index is 14.2. The average molecular weight is 738 g/mol. The zero-order chi connectivity index (χ0) is 37.7. The van der Waals surface area contributed by atoms with Gasteiger partial charge in [-0.2, -0.15) is 0 Å². The van der Waals surface area contributed by atoms with Crippen LogP contribution in [0.2, 0.25) is 0 Å². The van der Waals surface area contributed by atoms with Crippen LogP contribution in [0.25, 0.3) is 0 Å². The molecule has 2 unspecified atom stereocenters. The van der Waals surface area contributed by atoms with Crippen LogP contribution in [-0.4, -0.2) is 109 Å². The molecule has 16 heteroatoms. The Kier molecular flexibility index (Phi) is 9.79. The quantitative estimate of drug-likeness (QED) is 0.203. The molecule has 3 heterocycles. The number of carbonyl (C=O) groups excluding carboxylic acids is 3. The first-order chi connectivity index (χ1) is 25.5. The van der Waals surface area contributed by atoms with Gasteiger partial charge in [0.25, 0.3) is 18.1 Å². The lowest BCUT2D eigenvalue weighted by Crippen LogP contribution is -2.52. The van der Waals surface area contributed by atoms with E-state index < -0.39 is 78.3 Å². The Hall–Kier alpha value is -4.81. The Labute approximate surface area is 303 Å². The standard InChI is InChI=1S/C37H39NO15/c1-46-21-11-9-20(10-12-21)37-30(19-7-5-4-6-8-19)29(33(44)53-38-27(41)13-14-28(38)42)32(43)36(37,45)31-24(47-2)15-22(16-25(31)52-37)50-35-34(48-3)49-18-26(51-35)23(40)17-39/h4-12,15-16,23,26,29-30,32,34-35,39-40,43,45H,13-14,17-18H2,1-3H3/t23?,26-,29-,30+,32-,34?,35+,36+,37+/m1/s1. The molecular weight excluding hydrogens is 698 g/mol. The highest BCUT2D eigenvalue weighted by molar-refractivity contribution is 6.01. The normalized spacial score (nSPS) is 31.0. The summed E-state index contributed by atoms with van der Waals surface area (Å²) < 4.78 is 41.1. The van der Waals surface area contributed by atoms with Gasteiger partial charge in [0.05, 0.1) is 38.9 Å². The van der Waals surface area contributed by atoms with Crippen molar-refractivity contribution in [3.8, 4) is 23.0 Å². The van der Waals surface area contributed by atoms with Gasteiger partial charge in [-0.25, -0.2) is 4.79 Å². The SMILES string of the molecule is COc1ccc([C@@]23Oc4cc(O[C@H]5O[C@@H](C(O)CO)COC5OC)cc(OC)c4[C@]2(O)[C@H](O)[C@H](C(=O)ON2C(=O)CCC2=O)[C@@H]3c2ccccc2)cc1. The number of hydrogen-bond donors (Lipinski definition) is 4. The largest absolute Gasteiger partial charge is 0.497 e. The van der Waals surface area contributed by atoms with E-state index in [0.29, 0.717) is 21.9 Å². The molecule has 3 aromatic rings. The molecule has 2 amide bonds. The molecule has 4 aliphatic rings. The van der Waals surface area contributed by atoms with Crippen LogP contribution in [0.4, 0.5) is 0 Å². The maximum Gasteiger partial charge on any atom is 0.339 e. The summed E-state index contributed by atoms with van der Waals surface area (Å²) in [5, 5.41) is 45.7. The summed E-state index contributed by atoms with van der Waals surface area (Å²) >= 11 is 0. The van der Waals surface area contributed by atoms with E-state index in [4.69, 9.17) is 38.0 Å². The van der Waals surface area contributed by atoms with Crippen LogP contribution in [0.1, 0.15) is 35.4 Å². The first-order valence-electron chi connectivity index (χ1n) is 16.9. The number of aliphatic hydroxyl groups is 4. The molecule has 3 aliphatic heterocycles. The van der Waals surface area contributed by atoms with Crippen LogP contribution in [0.3, 0.4) is 0 Å². The van der Waals surface area contributed by atoms with Crippen LogP contribution in [0, 0.1) is 5.92 Å². The molecule has 16 nitrogen and oxygen atoms in total. The van der Waals surface area contributed by atoms with Gasteiger partial charge < -0.3 is 58.4 Å². The van der Waals surface area contributed by atoms with E-state index >= 15 is 0 Å². The monoisotopic (exact) mass is 737 g/mol. The van der Waals surface area contributed by atoms with Gasteiger partial charge in [0.2, 0.25) is 6.29 Å². The first-order valence-corrected chi connectivity index (χ1v) is 16.9. The van der Waals surface area contributed by atoms with E-state index in [2.05, 4.69) is 0 Å². The molecule has 9 atom stereocenters. The lowest BCUT2D eigenvalue weighted by Gasteiger charge is -2.40. The molecule has 0 radical (unpaired) electrons. The highest BCUT2D eigenvalue weighted by atomic mass is 16.8. The molecule has 1 aliphatic carbocycles. The Morgan fingerprint density at radius 1 is 0.962 bits per heavy atom. The third-order valence-electron chi connectivity index (χ3n) is 10.2. The predicted octanol–water partition coefficient (Wildman–Crippen LogP) is 1.01. The fourth-order valence-electron chi connectivity index (χ4n) is 7.78. The number of imide groups is 1. The maximum atomic E-state index is 14.2. The zero-order valence-corrected chi connectivity index (χ0v) is 28.9. The first kappa shape index (κ1) is 36.5. The number of carbonyl (C=O) groups is 3. The Balaban J connectivity index is 1.38. The van der Waals surface area contributed by atoms with Crippen molar-refractivity contribution in [2.24, 2.45) is 5.92 Å². The van der Waals surface area contributed by atoms with Gasteiger partial charge in [0.1, 0.15) is 41.3 Å². The molecule has 7 rings (SSSR count). The fraction of sp³-hybridized carbons (Fsp3) is 0.432. The van der Waals surface area contributed by atoms with E-state index in [-0.39, 0.29) is 42.3 Å². The lowest BCUT2D eigenvalue weighted by molar-refractivity contribution is -0.324. The summed E-state index contributed by atoms with van der Waals surface area (Å²) in [6.07, 6.45) is -6.79. The number of amides is 2. The lowest BCUT2D eigenvalue weighted by atomic mass is 9.70. The smallest absolute Gasteiger partial charge is 0.339 e. The molecule has 4 N–H and O–H groups in total.